The second-order valence-electron chi connectivity index (χ2n) is 7.67. The molecule has 0 spiro atoms. The molecule has 0 bridgehead atoms. The zero-order valence-corrected chi connectivity index (χ0v) is 18.3. The van der Waals surface area contributed by atoms with Gasteiger partial charge in [0.25, 0.3) is 17.5 Å². The molecule has 1 aliphatic heterocycles. The third-order valence-corrected chi connectivity index (χ3v) is 5.28. The number of imide groups is 1. The van der Waals surface area contributed by atoms with Gasteiger partial charge in [0.2, 0.25) is 0 Å². The maximum Gasteiger partial charge on any atom is 0.282 e. The Morgan fingerprint density at radius 1 is 0.909 bits per heavy atom. The summed E-state index contributed by atoms with van der Waals surface area (Å²) >= 11 is 0. The number of para-hydroxylation sites is 2. The van der Waals surface area contributed by atoms with Gasteiger partial charge in [-0.05, 0) is 66.9 Å². The number of nitro benzene ring substituents is 1. The van der Waals surface area contributed by atoms with Gasteiger partial charge in [-0.1, -0.05) is 18.2 Å². The lowest BCUT2D eigenvalue weighted by Gasteiger charge is -2.17. The second kappa shape index (κ2) is 8.58. The molecule has 0 aromatic heterocycles. The summed E-state index contributed by atoms with van der Waals surface area (Å²) in [5.41, 5.74) is 3.26. The molecule has 1 N–H and O–H groups in total. The highest BCUT2D eigenvalue weighted by Crippen LogP contribution is 2.36. The summed E-state index contributed by atoms with van der Waals surface area (Å²) < 4.78 is 5.37. The molecular weight excluding hydrogens is 422 g/mol. The molecule has 0 fully saturated rings. The molecule has 3 aromatic rings. The molecule has 0 atom stereocenters. The fourth-order valence-corrected chi connectivity index (χ4v) is 3.86. The topological polar surface area (TPSA) is 102 Å². The minimum Gasteiger partial charge on any atom is -0.495 e. The maximum atomic E-state index is 13.6. The lowest BCUT2D eigenvalue weighted by atomic mass is 10.0. The monoisotopic (exact) mass is 443 g/mol. The summed E-state index contributed by atoms with van der Waals surface area (Å²) in [4.78, 5) is 38.8. The van der Waals surface area contributed by atoms with Gasteiger partial charge in [0.05, 0.1) is 29.0 Å². The number of non-ortho nitro benzene ring substituents is 1. The summed E-state index contributed by atoms with van der Waals surface area (Å²) in [6.07, 6.45) is 0. The van der Waals surface area contributed by atoms with Crippen LogP contribution in [0.2, 0.25) is 0 Å². The summed E-state index contributed by atoms with van der Waals surface area (Å²) in [5, 5.41) is 14.1. The Balaban J connectivity index is 1.86. The highest BCUT2D eigenvalue weighted by atomic mass is 16.6. The number of rotatable bonds is 6. The zero-order valence-electron chi connectivity index (χ0n) is 18.3. The Hall–Kier alpha value is -4.46. The first-order valence-electron chi connectivity index (χ1n) is 10.2. The number of nitro groups is 1. The van der Waals surface area contributed by atoms with Crippen molar-refractivity contribution in [1.29, 1.82) is 0 Å². The number of amides is 2. The summed E-state index contributed by atoms with van der Waals surface area (Å²) in [6.45, 7) is 3.78. The van der Waals surface area contributed by atoms with Crippen molar-refractivity contribution in [2.24, 2.45) is 0 Å². The van der Waals surface area contributed by atoms with E-state index in [0.717, 1.165) is 16.0 Å². The van der Waals surface area contributed by atoms with Gasteiger partial charge in [-0.15, -0.1) is 0 Å². The van der Waals surface area contributed by atoms with Crippen molar-refractivity contribution in [2.75, 3.05) is 17.3 Å². The number of carbonyl (C=O) groups excluding carboxylic acids is 2. The van der Waals surface area contributed by atoms with Crippen molar-refractivity contribution in [3.63, 3.8) is 0 Å². The molecule has 1 aliphatic rings. The molecule has 3 aromatic carbocycles. The number of methoxy groups -OCH3 is 1. The molecule has 8 heteroatoms. The van der Waals surface area contributed by atoms with Crippen molar-refractivity contribution >= 4 is 34.4 Å². The van der Waals surface area contributed by atoms with Gasteiger partial charge in [0.1, 0.15) is 11.4 Å². The van der Waals surface area contributed by atoms with Crippen molar-refractivity contribution in [3.05, 3.63) is 99.2 Å². The van der Waals surface area contributed by atoms with E-state index in [9.17, 15) is 19.7 Å². The number of hydrogen-bond donors (Lipinski definition) is 1. The molecule has 0 unspecified atom stereocenters. The summed E-state index contributed by atoms with van der Waals surface area (Å²) in [5.74, 6) is -0.543. The molecule has 1 heterocycles. The third kappa shape index (κ3) is 4.06. The fraction of sp³-hybridized carbons (Fsp3) is 0.120. The van der Waals surface area contributed by atoms with Crippen LogP contribution in [0.25, 0.3) is 5.57 Å². The average molecular weight is 443 g/mol. The maximum absolute atomic E-state index is 13.6. The Labute approximate surface area is 190 Å². The first-order chi connectivity index (χ1) is 15.8. The quantitative estimate of drug-likeness (QED) is 0.339. The number of ether oxygens (including phenoxy) is 1. The van der Waals surface area contributed by atoms with Gasteiger partial charge in [-0.25, -0.2) is 4.90 Å². The zero-order chi connectivity index (χ0) is 23.7. The van der Waals surface area contributed by atoms with E-state index in [-0.39, 0.29) is 17.0 Å². The SMILES string of the molecule is COc1ccccc1NC1=C(c2ccc([N+](=O)[O-])cc2)C(=O)N(c2cc(C)cc(C)c2)C1=O. The summed E-state index contributed by atoms with van der Waals surface area (Å²) in [6, 6.07) is 18.1. The normalized spacial score (nSPS) is 13.5. The van der Waals surface area contributed by atoms with Crippen LogP contribution in [0.1, 0.15) is 16.7 Å². The van der Waals surface area contributed by atoms with Crippen LogP contribution >= 0.6 is 0 Å². The predicted molar refractivity (Wildman–Crippen MR) is 125 cm³/mol. The minimum atomic E-state index is -0.524. The Morgan fingerprint density at radius 3 is 2.15 bits per heavy atom. The van der Waals surface area contributed by atoms with Crippen molar-refractivity contribution in [3.8, 4) is 5.75 Å². The molecule has 2 amide bonds. The molecule has 0 aliphatic carbocycles. The van der Waals surface area contributed by atoms with Crippen LogP contribution in [0.4, 0.5) is 17.1 Å². The van der Waals surface area contributed by atoms with E-state index in [1.807, 2.05) is 19.9 Å². The van der Waals surface area contributed by atoms with Crippen LogP contribution in [-0.4, -0.2) is 23.8 Å². The van der Waals surface area contributed by atoms with Crippen LogP contribution in [0.3, 0.4) is 0 Å². The number of benzene rings is 3. The average Bonchev–Trinajstić information content (AvgIpc) is 3.02. The Morgan fingerprint density at radius 2 is 1.55 bits per heavy atom. The van der Waals surface area contributed by atoms with Gasteiger partial charge < -0.3 is 10.1 Å². The molecule has 166 valence electrons. The van der Waals surface area contributed by atoms with Crippen LogP contribution < -0.4 is 15.0 Å². The number of anilines is 2. The molecule has 0 saturated heterocycles. The first kappa shape index (κ1) is 21.8. The van der Waals surface area contributed by atoms with E-state index in [1.54, 1.807) is 36.4 Å². The second-order valence-corrected chi connectivity index (χ2v) is 7.67. The van der Waals surface area contributed by atoms with Gasteiger partial charge in [-0.2, -0.15) is 0 Å². The van der Waals surface area contributed by atoms with Gasteiger partial charge in [0.15, 0.2) is 0 Å². The standard InChI is InChI=1S/C25H21N3O5/c1-15-12-16(2)14-19(13-15)27-24(29)22(17-8-10-18(11-9-17)28(31)32)23(25(27)30)26-20-6-4-5-7-21(20)33-3/h4-14,26H,1-3H3. The Kier molecular flexibility index (Phi) is 5.66. The lowest BCUT2D eigenvalue weighted by molar-refractivity contribution is -0.384. The van der Waals surface area contributed by atoms with Crippen LogP contribution in [0, 0.1) is 24.0 Å². The fourth-order valence-electron chi connectivity index (χ4n) is 3.86. The molecule has 33 heavy (non-hydrogen) atoms. The van der Waals surface area contributed by atoms with Gasteiger partial charge in [0, 0.05) is 12.1 Å². The van der Waals surface area contributed by atoms with Crippen LogP contribution in [-0.2, 0) is 9.59 Å². The van der Waals surface area contributed by atoms with Crippen molar-refractivity contribution < 1.29 is 19.2 Å². The molecule has 8 nitrogen and oxygen atoms in total. The number of nitrogens with zero attached hydrogens (tertiary/aromatic N) is 2. The molecule has 4 rings (SSSR count). The smallest absolute Gasteiger partial charge is 0.282 e. The van der Waals surface area contributed by atoms with Gasteiger partial charge in [-0.3, -0.25) is 19.7 Å². The highest BCUT2D eigenvalue weighted by Gasteiger charge is 2.40. The van der Waals surface area contributed by atoms with E-state index in [2.05, 4.69) is 5.32 Å². The highest BCUT2D eigenvalue weighted by molar-refractivity contribution is 6.46. The van der Waals surface area contributed by atoms with Crippen molar-refractivity contribution in [1.82, 2.24) is 0 Å². The number of nitrogens with one attached hydrogen (secondary N) is 1. The molecule has 0 saturated carbocycles. The Bertz CT molecular complexity index is 1290. The third-order valence-electron chi connectivity index (χ3n) is 5.28. The van der Waals surface area contributed by atoms with Crippen LogP contribution in [0.15, 0.2) is 72.4 Å². The molecular formula is C25H21N3O5. The van der Waals surface area contributed by atoms with E-state index < -0.39 is 16.7 Å². The van der Waals surface area contributed by atoms with E-state index in [4.69, 9.17) is 4.74 Å². The van der Waals surface area contributed by atoms with E-state index in [0.29, 0.717) is 22.7 Å². The number of carbonyl (C=O) groups is 2. The van der Waals surface area contributed by atoms with E-state index in [1.165, 1.54) is 31.4 Å². The van der Waals surface area contributed by atoms with Gasteiger partial charge >= 0.3 is 0 Å². The predicted octanol–water partition coefficient (Wildman–Crippen LogP) is 4.62. The number of hydrogen-bond acceptors (Lipinski definition) is 6. The molecule has 0 radical (unpaired) electrons. The number of aryl methyl sites for hydroxylation is 2. The van der Waals surface area contributed by atoms with Crippen LogP contribution in [0.5, 0.6) is 5.75 Å². The summed E-state index contributed by atoms with van der Waals surface area (Å²) in [7, 11) is 1.51. The minimum absolute atomic E-state index is 0.0671. The lowest BCUT2D eigenvalue weighted by Crippen LogP contribution is -2.32. The first-order valence-corrected chi connectivity index (χ1v) is 10.2. The van der Waals surface area contributed by atoms with Crippen molar-refractivity contribution in [2.45, 2.75) is 13.8 Å². The van der Waals surface area contributed by atoms with E-state index >= 15 is 0 Å². The largest absolute Gasteiger partial charge is 0.495 e.